The molecule has 1 aliphatic rings. The van der Waals surface area contributed by atoms with Crippen molar-refractivity contribution in [3.63, 3.8) is 0 Å². The molecule has 1 fully saturated rings. The number of rotatable bonds is 6. The van der Waals surface area contributed by atoms with E-state index in [0.717, 1.165) is 45.1 Å². The number of hydrogen-bond acceptors (Lipinski definition) is 4. The van der Waals surface area contributed by atoms with Crippen LogP contribution in [-0.4, -0.2) is 77.6 Å². The van der Waals surface area contributed by atoms with Gasteiger partial charge in [-0.1, -0.05) is 0 Å². The van der Waals surface area contributed by atoms with Gasteiger partial charge < -0.3 is 25.0 Å². The van der Waals surface area contributed by atoms with E-state index in [2.05, 4.69) is 34.6 Å². The number of nitrogens with zero attached hydrogens (tertiary/aromatic N) is 2. The molecule has 0 bridgehead atoms. The van der Waals surface area contributed by atoms with Crippen LogP contribution in [0.25, 0.3) is 0 Å². The van der Waals surface area contributed by atoms with Crippen molar-refractivity contribution in [2.45, 2.75) is 18.4 Å². The summed E-state index contributed by atoms with van der Waals surface area (Å²) in [5, 5.41) is 6.64. The van der Waals surface area contributed by atoms with Gasteiger partial charge in [0.05, 0.1) is 6.61 Å². The Balaban J connectivity index is 0.00000361. The monoisotopic (exact) mass is 400 g/mol. The van der Waals surface area contributed by atoms with Gasteiger partial charge >= 0.3 is 0 Å². The minimum Gasteiger partial charge on any atom is -0.383 e. The molecule has 0 aromatic heterocycles. The van der Waals surface area contributed by atoms with Crippen LogP contribution in [0, 0.1) is 0 Å². The van der Waals surface area contributed by atoms with Gasteiger partial charge in [-0.15, -0.1) is 24.0 Å². The van der Waals surface area contributed by atoms with Gasteiger partial charge in [0.2, 0.25) is 0 Å². The molecule has 1 aliphatic heterocycles. The number of hydrogen-bond donors (Lipinski definition) is 2. The lowest BCUT2D eigenvalue weighted by Crippen LogP contribution is -2.57. The Morgan fingerprint density at radius 2 is 1.95 bits per heavy atom. The Labute approximate surface area is 139 Å². The van der Waals surface area contributed by atoms with Gasteiger partial charge in [0, 0.05) is 46.0 Å². The third kappa shape index (κ3) is 6.11. The summed E-state index contributed by atoms with van der Waals surface area (Å²) in [7, 11) is 7.75. The van der Waals surface area contributed by atoms with Crippen LogP contribution in [0.1, 0.15) is 12.8 Å². The summed E-state index contributed by atoms with van der Waals surface area (Å²) >= 11 is 0. The average Bonchev–Trinajstić information content (AvgIpc) is 2.43. The SMILES string of the molecule is CN=C(NCCOC)NCC1(N(C)C)CCOCC1.I. The zero-order valence-electron chi connectivity index (χ0n) is 13.1. The maximum atomic E-state index is 5.47. The molecule has 0 aromatic carbocycles. The first-order chi connectivity index (χ1) is 9.14. The fraction of sp³-hybridized carbons (Fsp3) is 0.923. The number of halogens is 1. The quantitative estimate of drug-likeness (QED) is 0.295. The summed E-state index contributed by atoms with van der Waals surface area (Å²) in [5.74, 6) is 0.824. The van der Waals surface area contributed by atoms with Gasteiger partial charge in [-0.2, -0.15) is 0 Å². The van der Waals surface area contributed by atoms with Crippen LogP contribution in [-0.2, 0) is 9.47 Å². The summed E-state index contributed by atoms with van der Waals surface area (Å²) in [6.45, 7) is 3.96. The van der Waals surface area contributed by atoms with Crippen LogP contribution in [0.5, 0.6) is 0 Å². The molecule has 2 N–H and O–H groups in total. The molecule has 7 heteroatoms. The Bertz CT molecular complexity index is 282. The van der Waals surface area contributed by atoms with E-state index in [1.54, 1.807) is 14.2 Å². The first-order valence-electron chi connectivity index (χ1n) is 6.83. The fourth-order valence-corrected chi connectivity index (χ4v) is 2.27. The zero-order chi connectivity index (χ0) is 14.1. The summed E-state index contributed by atoms with van der Waals surface area (Å²) in [4.78, 5) is 6.52. The van der Waals surface area contributed by atoms with Crippen LogP contribution in [0.2, 0.25) is 0 Å². The van der Waals surface area contributed by atoms with Gasteiger partial charge in [0.1, 0.15) is 0 Å². The van der Waals surface area contributed by atoms with Crippen molar-refractivity contribution >= 4 is 29.9 Å². The van der Waals surface area contributed by atoms with Gasteiger partial charge in [-0.3, -0.25) is 4.99 Å². The minimum absolute atomic E-state index is 0. The number of nitrogens with one attached hydrogen (secondary N) is 2. The van der Waals surface area contributed by atoms with Crippen LogP contribution in [0.15, 0.2) is 4.99 Å². The Morgan fingerprint density at radius 3 is 2.45 bits per heavy atom. The molecule has 20 heavy (non-hydrogen) atoms. The second kappa shape index (κ2) is 10.6. The fourth-order valence-electron chi connectivity index (χ4n) is 2.27. The highest BCUT2D eigenvalue weighted by molar-refractivity contribution is 14.0. The molecule has 0 atom stereocenters. The second-order valence-electron chi connectivity index (χ2n) is 5.08. The molecule has 0 unspecified atom stereocenters. The Kier molecular flexibility index (Phi) is 10.5. The van der Waals surface area contributed by atoms with E-state index < -0.39 is 0 Å². The van der Waals surface area contributed by atoms with Crippen molar-refractivity contribution in [3.8, 4) is 0 Å². The zero-order valence-corrected chi connectivity index (χ0v) is 15.4. The highest BCUT2D eigenvalue weighted by Gasteiger charge is 2.34. The summed E-state index contributed by atoms with van der Waals surface area (Å²) in [6, 6.07) is 0. The topological polar surface area (TPSA) is 58.1 Å². The van der Waals surface area contributed by atoms with Crippen molar-refractivity contribution in [1.29, 1.82) is 0 Å². The van der Waals surface area contributed by atoms with E-state index in [9.17, 15) is 0 Å². The number of aliphatic imine (C=N–C) groups is 1. The third-order valence-electron chi connectivity index (χ3n) is 3.78. The van der Waals surface area contributed by atoms with E-state index in [-0.39, 0.29) is 29.5 Å². The highest BCUT2D eigenvalue weighted by Crippen LogP contribution is 2.24. The molecule has 0 aromatic rings. The molecule has 0 spiro atoms. The number of guanidine groups is 1. The molecule has 1 rings (SSSR count). The number of ether oxygens (including phenoxy) is 2. The Morgan fingerprint density at radius 1 is 1.30 bits per heavy atom. The predicted molar refractivity (Wildman–Crippen MR) is 93.1 cm³/mol. The van der Waals surface area contributed by atoms with Crippen molar-refractivity contribution in [1.82, 2.24) is 15.5 Å². The lowest BCUT2D eigenvalue weighted by atomic mass is 9.88. The maximum absolute atomic E-state index is 5.47. The normalized spacial score (nSPS) is 18.6. The summed E-state index contributed by atoms with van der Waals surface area (Å²) in [5.41, 5.74) is 0.150. The Hall–Kier alpha value is -0.120. The third-order valence-corrected chi connectivity index (χ3v) is 3.78. The molecular formula is C13H29IN4O2. The van der Waals surface area contributed by atoms with Gasteiger partial charge in [-0.05, 0) is 26.9 Å². The van der Waals surface area contributed by atoms with Crippen LogP contribution >= 0.6 is 24.0 Å². The molecule has 1 saturated heterocycles. The molecule has 120 valence electrons. The first kappa shape index (κ1) is 19.9. The van der Waals surface area contributed by atoms with Gasteiger partial charge in [0.25, 0.3) is 0 Å². The van der Waals surface area contributed by atoms with E-state index in [1.165, 1.54) is 0 Å². The number of methoxy groups -OCH3 is 1. The van der Waals surface area contributed by atoms with Crippen molar-refractivity contribution < 1.29 is 9.47 Å². The van der Waals surface area contributed by atoms with Crippen LogP contribution < -0.4 is 10.6 Å². The lowest BCUT2D eigenvalue weighted by Gasteiger charge is -2.43. The maximum Gasteiger partial charge on any atom is 0.191 e. The standard InChI is InChI=1S/C13H28N4O2.HI/c1-14-12(15-7-10-18-4)16-11-13(17(2)3)5-8-19-9-6-13;/h5-11H2,1-4H3,(H2,14,15,16);1H. The minimum atomic E-state index is 0. The highest BCUT2D eigenvalue weighted by atomic mass is 127. The van der Waals surface area contributed by atoms with Crippen LogP contribution in [0.4, 0.5) is 0 Å². The smallest absolute Gasteiger partial charge is 0.191 e. The average molecular weight is 400 g/mol. The summed E-state index contributed by atoms with van der Waals surface area (Å²) < 4.78 is 10.5. The first-order valence-corrected chi connectivity index (χ1v) is 6.83. The van der Waals surface area contributed by atoms with Gasteiger partial charge in [0.15, 0.2) is 5.96 Å². The molecule has 0 aliphatic carbocycles. The number of likely N-dealkylation sites (N-methyl/N-ethyl adjacent to an activating group) is 1. The van der Waals surface area contributed by atoms with E-state index in [1.807, 2.05) is 0 Å². The van der Waals surface area contributed by atoms with Gasteiger partial charge in [-0.25, -0.2) is 0 Å². The van der Waals surface area contributed by atoms with E-state index in [0.29, 0.717) is 6.61 Å². The predicted octanol–water partition coefficient (Wildman–Crippen LogP) is 0.527. The molecule has 0 radical (unpaired) electrons. The van der Waals surface area contributed by atoms with Crippen molar-refractivity contribution in [2.24, 2.45) is 4.99 Å². The molecular weight excluding hydrogens is 371 g/mol. The molecule has 0 amide bonds. The van der Waals surface area contributed by atoms with Crippen molar-refractivity contribution in [3.05, 3.63) is 0 Å². The molecule has 6 nitrogen and oxygen atoms in total. The second-order valence-corrected chi connectivity index (χ2v) is 5.08. The van der Waals surface area contributed by atoms with Crippen molar-refractivity contribution in [2.75, 3.05) is 61.2 Å². The van der Waals surface area contributed by atoms with E-state index in [4.69, 9.17) is 9.47 Å². The summed E-state index contributed by atoms with van der Waals surface area (Å²) in [6.07, 6.45) is 2.09. The largest absolute Gasteiger partial charge is 0.383 e. The van der Waals surface area contributed by atoms with E-state index >= 15 is 0 Å². The van der Waals surface area contributed by atoms with Crippen LogP contribution in [0.3, 0.4) is 0 Å². The molecule has 0 saturated carbocycles. The lowest BCUT2D eigenvalue weighted by molar-refractivity contribution is -0.00501. The molecule has 1 heterocycles.